The minimum absolute atomic E-state index is 0.0365. The van der Waals surface area contributed by atoms with Crippen LogP contribution in [0.25, 0.3) is 0 Å². The molecule has 2 atom stereocenters. The molecule has 2 aromatic rings. The van der Waals surface area contributed by atoms with Crippen molar-refractivity contribution in [2.24, 2.45) is 5.41 Å². The predicted molar refractivity (Wildman–Crippen MR) is 96.3 cm³/mol. The number of piperidine rings is 1. The monoisotopic (exact) mass is 412 g/mol. The fourth-order valence-electron chi connectivity index (χ4n) is 3.90. The summed E-state index contributed by atoms with van der Waals surface area (Å²) in [6.07, 6.45) is -3.93. The number of hydrogen-bond acceptors (Lipinski definition) is 6. The van der Waals surface area contributed by atoms with E-state index in [0.717, 1.165) is 19.0 Å². The molecule has 10 heteroatoms. The lowest BCUT2D eigenvalue weighted by Crippen LogP contribution is -2.50. The Hall–Kier alpha value is -2.46. The zero-order valence-electron chi connectivity index (χ0n) is 15.4. The number of alkyl halides is 3. The SMILES string of the molecule is O[C@H]1CNCC[C@]12CCN(c1nc(Oc3cccc(F)c3)cc(C(F)(F)F)n1)C2. The number of β-amino-alcohol motifs (C(OH)–C–C–N with tert-alkyl or cyclic N) is 1. The summed E-state index contributed by atoms with van der Waals surface area (Å²) in [7, 11) is 0. The summed E-state index contributed by atoms with van der Waals surface area (Å²) >= 11 is 0. The number of hydrogen-bond donors (Lipinski definition) is 2. The lowest BCUT2D eigenvalue weighted by Gasteiger charge is -2.38. The van der Waals surface area contributed by atoms with Crippen LogP contribution in [0.5, 0.6) is 11.6 Å². The smallest absolute Gasteiger partial charge is 0.433 e. The van der Waals surface area contributed by atoms with Gasteiger partial charge in [0, 0.05) is 37.2 Å². The summed E-state index contributed by atoms with van der Waals surface area (Å²) in [5.74, 6) is -0.975. The Labute approximate surface area is 164 Å². The number of nitrogens with one attached hydrogen (secondary N) is 1. The van der Waals surface area contributed by atoms with Crippen LogP contribution in [0.15, 0.2) is 30.3 Å². The van der Waals surface area contributed by atoms with Gasteiger partial charge in [0.05, 0.1) is 6.10 Å². The molecular formula is C19H20F4N4O2. The van der Waals surface area contributed by atoms with E-state index in [1.165, 1.54) is 18.2 Å². The first-order valence-electron chi connectivity index (χ1n) is 9.29. The molecule has 3 heterocycles. The van der Waals surface area contributed by atoms with Crippen LogP contribution in [-0.4, -0.2) is 47.4 Å². The van der Waals surface area contributed by atoms with Gasteiger partial charge in [-0.1, -0.05) is 6.07 Å². The number of halogens is 4. The second-order valence-corrected chi connectivity index (χ2v) is 7.45. The molecule has 2 aliphatic heterocycles. The number of benzene rings is 1. The van der Waals surface area contributed by atoms with Crippen molar-refractivity contribution in [3.8, 4) is 11.6 Å². The van der Waals surface area contributed by atoms with Gasteiger partial charge in [-0.15, -0.1) is 0 Å². The first-order valence-corrected chi connectivity index (χ1v) is 9.29. The maximum atomic E-state index is 13.4. The quantitative estimate of drug-likeness (QED) is 0.756. The highest BCUT2D eigenvalue weighted by Gasteiger charge is 2.46. The van der Waals surface area contributed by atoms with Crippen molar-refractivity contribution in [1.82, 2.24) is 15.3 Å². The minimum atomic E-state index is -4.69. The summed E-state index contributed by atoms with van der Waals surface area (Å²) in [5.41, 5.74) is -1.53. The molecule has 0 unspecified atom stereocenters. The molecule has 6 nitrogen and oxygen atoms in total. The number of aliphatic hydroxyl groups is 1. The standard InChI is InChI=1S/C19H20F4N4O2/c20-12-2-1-3-13(8-12)29-16-9-14(19(21,22)23)25-17(26-16)27-7-5-18(11-27)4-6-24-10-15(18)28/h1-3,8-9,15,24,28H,4-7,10-11H2/t15-,18+/m0/s1. The third-order valence-corrected chi connectivity index (χ3v) is 5.51. The molecule has 2 saturated heterocycles. The topological polar surface area (TPSA) is 70.5 Å². The fourth-order valence-corrected chi connectivity index (χ4v) is 3.90. The van der Waals surface area contributed by atoms with Gasteiger partial charge in [0.2, 0.25) is 11.8 Å². The van der Waals surface area contributed by atoms with Gasteiger partial charge in [-0.05, 0) is 31.5 Å². The van der Waals surface area contributed by atoms with E-state index in [1.807, 2.05) is 0 Å². The number of aliphatic hydroxyl groups excluding tert-OH is 1. The molecule has 0 radical (unpaired) electrons. The molecule has 2 fully saturated rings. The maximum absolute atomic E-state index is 13.4. The second kappa shape index (κ2) is 7.42. The summed E-state index contributed by atoms with van der Waals surface area (Å²) in [6, 6.07) is 5.77. The average Bonchev–Trinajstić information content (AvgIpc) is 3.09. The molecule has 4 rings (SSSR count). The van der Waals surface area contributed by atoms with Crippen LogP contribution in [0.1, 0.15) is 18.5 Å². The van der Waals surface area contributed by atoms with Gasteiger partial charge in [0.1, 0.15) is 11.6 Å². The van der Waals surface area contributed by atoms with Crippen molar-refractivity contribution in [2.75, 3.05) is 31.1 Å². The van der Waals surface area contributed by atoms with Crippen molar-refractivity contribution < 1.29 is 27.4 Å². The van der Waals surface area contributed by atoms with Gasteiger partial charge in [-0.3, -0.25) is 0 Å². The Morgan fingerprint density at radius 2 is 2.03 bits per heavy atom. The number of anilines is 1. The average molecular weight is 412 g/mol. The molecule has 1 aromatic heterocycles. The van der Waals surface area contributed by atoms with E-state index in [-0.39, 0.29) is 17.6 Å². The number of nitrogens with zero attached hydrogens (tertiary/aromatic N) is 3. The van der Waals surface area contributed by atoms with E-state index in [4.69, 9.17) is 4.74 Å². The number of ether oxygens (including phenoxy) is 1. The molecule has 156 valence electrons. The normalized spacial score (nSPS) is 24.9. The molecular weight excluding hydrogens is 392 g/mol. The number of aromatic nitrogens is 2. The van der Waals surface area contributed by atoms with Gasteiger partial charge in [-0.2, -0.15) is 18.2 Å². The highest BCUT2D eigenvalue weighted by molar-refractivity contribution is 5.39. The van der Waals surface area contributed by atoms with Crippen molar-refractivity contribution in [1.29, 1.82) is 0 Å². The van der Waals surface area contributed by atoms with E-state index < -0.39 is 29.2 Å². The molecule has 0 saturated carbocycles. The second-order valence-electron chi connectivity index (χ2n) is 7.45. The third kappa shape index (κ3) is 4.13. The summed E-state index contributed by atoms with van der Waals surface area (Å²) in [6.45, 7) is 1.97. The highest BCUT2D eigenvalue weighted by Crippen LogP contribution is 2.41. The molecule has 2 N–H and O–H groups in total. The van der Waals surface area contributed by atoms with Crippen molar-refractivity contribution in [3.05, 3.63) is 41.8 Å². The van der Waals surface area contributed by atoms with Crippen LogP contribution in [0, 0.1) is 11.2 Å². The molecule has 0 bridgehead atoms. The van der Waals surface area contributed by atoms with Gasteiger partial charge in [0.15, 0.2) is 5.69 Å². The fraction of sp³-hybridized carbons (Fsp3) is 0.474. The molecule has 1 aromatic carbocycles. The molecule has 1 spiro atoms. The third-order valence-electron chi connectivity index (χ3n) is 5.51. The van der Waals surface area contributed by atoms with Gasteiger partial charge in [0.25, 0.3) is 0 Å². The van der Waals surface area contributed by atoms with Crippen LogP contribution in [0.3, 0.4) is 0 Å². The Bertz CT molecular complexity index is 895. The molecule has 2 aliphatic rings. The van der Waals surface area contributed by atoms with Gasteiger partial charge in [-0.25, -0.2) is 9.37 Å². The lowest BCUT2D eigenvalue weighted by molar-refractivity contribution is -0.141. The number of rotatable bonds is 3. The van der Waals surface area contributed by atoms with Gasteiger partial charge >= 0.3 is 6.18 Å². The molecule has 0 aliphatic carbocycles. The lowest BCUT2D eigenvalue weighted by atomic mass is 9.76. The maximum Gasteiger partial charge on any atom is 0.433 e. The minimum Gasteiger partial charge on any atom is -0.439 e. The summed E-state index contributed by atoms with van der Waals surface area (Å²) < 4.78 is 58.9. The Balaban J connectivity index is 1.64. The Kier molecular flexibility index (Phi) is 5.07. The summed E-state index contributed by atoms with van der Waals surface area (Å²) in [5, 5.41) is 13.5. The molecule has 29 heavy (non-hydrogen) atoms. The van der Waals surface area contributed by atoms with E-state index in [0.29, 0.717) is 32.1 Å². The van der Waals surface area contributed by atoms with Crippen LogP contribution in [0.4, 0.5) is 23.5 Å². The van der Waals surface area contributed by atoms with E-state index in [2.05, 4.69) is 15.3 Å². The van der Waals surface area contributed by atoms with Crippen molar-refractivity contribution in [3.63, 3.8) is 0 Å². The largest absolute Gasteiger partial charge is 0.439 e. The Morgan fingerprint density at radius 1 is 1.21 bits per heavy atom. The molecule has 0 amide bonds. The zero-order chi connectivity index (χ0) is 20.6. The predicted octanol–water partition coefficient (Wildman–Crippen LogP) is 2.98. The van der Waals surface area contributed by atoms with Gasteiger partial charge < -0.3 is 20.1 Å². The zero-order valence-corrected chi connectivity index (χ0v) is 15.4. The van der Waals surface area contributed by atoms with E-state index in [9.17, 15) is 22.7 Å². The van der Waals surface area contributed by atoms with Crippen LogP contribution >= 0.6 is 0 Å². The summed E-state index contributed by atoms with van der Waals surface area (Å²) in [4.78, 5) is 9.46. The van der Waals surface area contributed by atoms with Crippen LogP contribution in [0.2, 0.25) is 0 Å². The van der Waals surface area contributed by atoms with Crippen molar-refractivity contribution in [2.45, 2.75) is 25.1 Å². The highest BCUT2D eigenvalue weighted by atomic mass is 19.4. The first kappa shape index (κ1) is 19.8. The van der Waals surface area contributed by atoms with E-state index >= 15 is 0 Å². The Morgan fingerprint density at radius 3 is 2.76 bits per heavy atom. The van der Waals surface area contributed by atoms with Crippen molar-refractivity contribution >= 4 is 5.95 Å². The first-order chi connectivity index (χ1) is 13.7. The van der Waals surface area contributed by atoms with E-state index in [1.54, 1.807) is 4.90 Å². The van der Waals surface area contributed by atoms with Crippen LogP contribution < -0.4 is 15.0 Å². The van der Waals surface area contributed by atoms with Crippen LogP contribution in [-0.2, 0) is 6.18 Å².